The van der Waals surface area contributed by atoms with Crippen LogP contribution in [-0.2, 0) is 6.42 Å². The van der Waals surface area contributed by atoms with Gasteiger partial charge in [0.15, 0.2) is 0 Å². The van der Waals surface area contributed by atoms with Crippen molar-refractivity contribution in [3.8, 4) is 0 Å². The molecular formula is C9H11NO2S. The third-order valence-corrected chi connectivity index (χ3v) is 1.86. The summed E-state index contributed by atoms with van der Waals surface area (Å²) < 4.78 is 0. The number of nitro groups is 1. The van der Waals surface area contributed by atoms with Gasteiger partial charge in [-0.3, -0.25) is 10.1 Å². The zero-order valence-corrected chi connectivity index (χ0v) is 8.20. The fourth-order valence-corrected chi connectivity index (χ4v) is 1.31. The van der Waals surface area contributed by atoms with Crippen molar-refractivity contribution in [2.45, 2.75) is 18.6 Å². The van der Waals surface area contributed by atoms with Gasteiger partial charge in [0.1, 0.15) is 0 Å². The highest BCUT2D eigenvalue weighted by Gasteiger charge is 2.04. The summed E-state index contributed by atoms with van der Waals surface area (Å²) in [6, 6.07) is 6.58. The normalized spacial score (nSPS) is 12.5. The molecule has 1 aromatic rings. The van der Waals surface area contributed by atoms with Crippen LogP contribution in [0, 0.1) is 10.1 Å². The Bertz CT molecular complexity index is 295. The van der Waals surface area contributed by atoms with Crippen molar-refractivity contribution in [3.05, 3.63) is 39.9 Å². The van der Waals surface area contributed by atoms with Crippen molar-refractivity contribution in [1.82, 2.24) is 0 Å². The van der Waals surface area contributed by atoms with Crippen LogP contribution < -0.4 is 0 Å². The van der Waals surface area contributed by atoms with Gasteiger partial charge in [-0.05, 0) is 12.0 Å². The van der Waals surface area contributed by atoms with E-state index in [-0.39, 0.29) is 10.9 Å². The van der Waals surface area contributed by atoms with Gasteiger partial charge in [0, 0.05) is 17.4 Å². The van der Waals surface area contributed by atoms with Gasteiger partial charge < -0.3 is 0 Å². The van der Waals surface area contributed by atoms with Crippen LogP contribution in [0.15, 0.2) is 24.3 Å². The molecule has 0 amide bonds. The van der Waals surface area contributed by atoms with E-state index < -0.39 is 4.92 Å². The van der Waals surface area contributed by atoms with E-state index >= 15 is 0 Å². The highest BCUT2D eigenvalue weighted by atomic mass is 32.1. The Hall–Kier alpha value is -1.03. The third-order valence-electron chi connectivity index (χ3n) is 1.68. The molecule has 1 atom stereocenters. The lowest BCUT2D eigenvalue weighted by Crippen LogP contribution is -1.97. The molecule has 0 aliphatic heterocycles. The maximum Gasteiger partial charge on any atom is 0.269 e. The van der Waals surface area contributed by atoms with Crippen molar-refractivity contribution >= 4 is 18.3 Å². The molecule has 70 valence electrons. The largest absolute Gasteiger partial charge is 0.269 e. The minimum absolute atomic E-state index is 0.135. The molecule has 0 aliphatic rings. The molecule has 4 heteroatoms. The Balaban J connectivity index is 2.75. The van der Waals surface area contributed by atoms with E-state index in [1.54, 1.807) is 12.1 Å². The minimum Gasteiger partial charge on any atom is -0.258 e. The highest BCUT2D eigenvalue weighted by molar-refractivity contribution is 7.80. The topological polar surface area (TPSA) is 43.1 Å². The molecule has 3 nitrogen and oxygen atoms in total. The van der Waals surface area contributed by atoms with Crippen LogP contribution >= 0.6 is 12.6 Å². The molecule has 1 unspecified atom stereocenters. The van der Waals surface area contributed by atoms with Crippen LogP contribution in [-0.4, -0.2) is 10.2 Å². The van der Waals surface area contributed by atoms with Crippen LogP contribution in [0.2, 0.25) is 0 Å². The van der Waals surface area contributed by atoms with Gasteiger partial charge in [0.2, 0.25) is 0 Å². The number of non-ortho nitro benzene ring substituents is 1. The Morgan fingerprint density at radius 2 is 2.00 bits per heavy atom. The monoisotopic (exact) mass is 197 g/mol. The van der Waals surface area contributed by atoms with E-state index in [2.05, 4.69) is 12.6 Å². The second-order valence-corrected chi connectivity index (χ2v) is 3.86. The summed E-state index contributed by atoms with van der Waals surface area (Å²) in [4.78, 5) is 9.93. The summed E-state index contributed by atoms with van der Waals surface area (Å²) in [7, 11) is 0. The number of hydrogen-bond acceptors (Lipinski definition) is 3. The van der Waals surface area contributed by atoms with Gasteiger partial charge in [-0.1, -0.05) is 19.1 Å². The SMILES string of the molecule is CC(S)Cc1ccc([N+](=O)[O-])cc1. The van der Waals surface area contributed by atoms with Crippen molar-refractivity contribution in [2.75, 3.05) is 0 Å². The van der Waals surface area contributed by atoms with Gasteiger partial charge in [-0.15, -0.1) is 0 Å². The maximum atomic E-state index is 10.3. The summed E-state index contributed by atoms with van der Waals surface area (Å²) >= 11 is 4.24. The zero-order valence-electron chi connectivity index (χ0n) is 7.30. The van der Waals surface area contributed by atoms with E-state index in [0.717, 1.165) is 12.0 Å². The van der Waals surface area contributed by atoms with Crippen molar-refractivity contribution in [3.63, 3.8) is 0 Å². The Kier molecular flexibility index (Phi) is 3.31. The quantitative estimate of drug-likeness (QED) is 0.459. The molecule has 0 saturated carbocycles. The van der Waals surface area contributed by atoms with Gasteiger partial charge in [-0.25, -0.2) is 0 Å². The van der Waals surface area contributed by atoms with E-state index in [4.69, 9.17) is 0 Å². The molecule has 0 fully saturated rings. The third kappa shape index (κ3) is 3.06. The number of rotatable bonds is 3. The number of benzene rings is 1. The second-order valence-electron chi connectivity index (χ2n) is 2.98. The lowest BCUT2D eigenvalue weighted by molar-refractivity contribution is -0.384. The smallest absolute Gasteiger partial charge is 0.258 e. The van der Waals surface area contributed by atoms with Crippen LogP contribution in [0.3, 0.4) is 0 Å². The molecule has 0 bridgehead atoms. The van der Waals surface area contributed by atoms with Gasteiger partial charge in [0.25, 0.3) is 5.69 Å². The number of nitrogens with zero attached hydrogens (tertiary/aromatic N) is 1. The summed E-state index contributed by atoms with van der Waals surface area (Å²) in [5, 5.41) is 10.6. The van der Waals surface area contributed by atoms with E-state index in [9.17, 15) is 10.1 Å². The molecule has 0 heterocycles. The molecular weight excluding hydrogens is 186 g/mol. The molecule has 1 rings (SSSR count). The van der Waals surface area contributed by atoms with E-state index in [1.807, 2.05) is 6.92 Å². The first kappa shape index (κ1) is 10.1. The van der Waals surface area contributed by atoms with Crippen LogP contribution in [0.25, 0.3) is 0 Å². The Labute approximate surface area is 82.3 Å². The zero-order chi connectivity index (χ0) is 9.84. The molecule has 0 spiro atoms. The maximum absolute atomic E-state index is 10.3. The van der Waals surface area contributed by atoms with Crippen LogP contribution in [0.4, 0.5) is 5.69 Å². The van der Waals surface area contributed by atoms with Crippen LogP contribution in [0.1, 0.15) is 12.5 Å². The molecule has 0 aliphatic carbocycles. The number of thiol groups is 1. The summed E-state index contributed by atoms with van der Waals surface area (Å²) in [5.74, 6) is 0. The van der Waals surface area contributed by atoms with E-state index in [1.165, 1.54) is 12.1 Å². The summed E-state index contributed by atoms with van der Waals surface area (Å²) in [5.41, 5.74) is 1.21. The van der Waals surface area contributed by atoms with Crippen molar-refractivity contribution < 1.29 is 4.92 Å². The standard InChI is InChI=1S/C9H11NO2S/c1-7(13)6-8-2-4-9(5-3-8)10(11)12/h2-5,7,13H,6H2,1H3. The van der Waals surface area contributed by atoms with Crippen molar-refractivity contribution in [2.24, 2.45) is 0 Å². The predicted octanol–water partition coefficient (Wildman–Crippen LogP) is 2.46. The first-order valence-corrected chi connectivity index (χ1v) is 4.52. The predicted molar refractivity (Wildman–Crippen MR) is 55.2 cm³/mol. The molecule has 1 aromatic carbocycles. The first-order chi connectivity index (χ1) is 6.09. The first-order valence-electron chi connectivity index (χ1n) is 4.01. The van der Waals surface area contributed by atoms with E-state index in [0.29, 0.717) is 0 Å². The Morgan fingerprint density at radius 3 is 2.38 bits per heavy atom. The lowest BCUT2D eigenvalue weighted by Gasteiger charge is -2.02. The van der Waals surface area contributed by atoms with Crippen molar-refractivity contribution in [1.29, 1.82) is 0 Å². The average Bonchev–Trinajstić information content (AvgIpc) is 2.04. The van der Waals surface area contributed by atoms with Gasteiger partial charge in [-0.2, -0.15) is 12.6 Å². The number of nitro benzene ring substituents is 1. The minimum atomic E-state index is -0.395. The Morgan fingerprint density at radius 1 is 1.46 bits per heavy atom. The molecule has 0 aromatic heterocycles. The van der Waals surface area contributed by atoms with Gasteiger partial charge in [0.05, 0.1) is 4.92 Å². The highest BCUT2D eigenvalue weighted by Crippen LogP contribution is 2.14. The fraction of sp³-hybridized carbons (Fsp3) is 0.333. The average molecular weight is 197 g/mol. The van der Waals surface area contributed by atoms with Gasteiger partial charge >= 0.3 is 0 Å². The fourth-order valence-electron chi connectivity index (χ4n) is 1.09. The second kappa shape index (κ2) is 4.28. The molecule has 13 heavy (non-hydrogen) atoms. The molecule has 0 N–H and O–H groups in total. The summed E-state index contributed by atoms with van der Waals surface area (Å²) in [6.45, 7) is 1.99. The lowest BCUT2D eigenvalue weighted by atomic mass is 10.1. The van der Waals surface area contributed by atoms with Crippen LogP contribution in [0.5, 0.6) is 0 Å². The summed E-state index contributed by atoms with van der Waals surface area (Å²) in [6.07, 6.45) is 0.834. The molecule has 0 saturated heterocycles. The molecule has 0 radical (unpaired) electrons. The number of hydrogen-bond donors (Lipinski definition) is 1.